The fraction of sp³-hybridized carbons (Fsp3) is 0.769. The van der Waals surface area contributed by atoms with E-state index in [2.05, 4.69) is 11.9 Å². The van der Waals surface area contributed by atoms with Gasteiger partial charge in [-0.1, -0.05) is 19.9 Å². The number of carbonyl (C=O) groups is 1. The first kappa shape index (κ1) is 16.0. The van der Waals surface area contributed by atoms with E-state index in [9.17, 15) is 9.90 Å². The molecule has 0 aliphatic carbocycles. The summed E-state index contributed by atoms with van der Waals surface area (Å²) in [6.07, 6.45) is 1.93. The van der Waals surface area contributed by atoms with Gasteiger partial charge in [-0.25, -0.2) is 4.79 Å². The Morgan fingerprint density at radius 1 is 1.41 bits per heavy atom. The van der Waals surface area contributed by atoms with Crippen LogP contribution in [0.15, 0.2) is 12.7 Å². The Balaban J connectivity index is 4.32. The highest BCUT2D eigenvalue weighted by molar-refractivity contribution is 5.68. The van der Waals surface area contributed by atoms with Crippen LogP contribution < -0.4 is 5.32 Å². The zero-order valence-corrected chi connectivity index (χ0v) is 11.5. The molecule has 4 heteroatoms. The average Bonchev–Trinajstić information content (AvgIpc) is 2.13. The summed E-state index contributed by atoms with van der Waals surface area (Å²) in [5.41, 5.74) is -0.666. The lowest BCUT2D eigenvalue weighted by molar-refractivity contribution is 0.0468. The number of allylic oxidation sites excluding steroid dienone is 1. The third-order valence-corrected chi connectivity index (χ3v) is 2.27. The summed E-state index contributed by atoms with van der Waals surface area (Å²) in [4.78, 5) is 11.5. The molecule has 0 fully saturated rings. The SMILES string of the molecule is C=CC(C)(C)CC(CO)NC(=O)OC(C)(C)C. The molecule has 0 aliphatic heterocycles. The standard InChI is InChI=1S/C13H25NO3/c1-7-13(5,6)8-10(9-15)14-11(16)17-12(2,3)4/h7,10,15H,1,8-9H2,2-6H3,(H,14,16). The van der Waals surface area contributed by atoms with Crippen LogP contribution in [0.25, 0.3) is 0 Å². The Morgan fingerprint density at radius 3 is 2.29 bits per heavy atom. The first-order valence-corrected chi connectivity index (χ1v) is 5.83. The maximum absolute atomic E-state index is 11.5. The lowest BCUT2D eigenvalue weighted by atomic mass is 9.86. The third kappa shape index (κ3) is 7.80. The van der Waals surface area contributed by atoms with Crippen molar-refractivity contribution in [1.29, 1.82) is 0 Å². The summed E-state index contributed by atoms with van der Waals surface area (Å²) in [7, 11) is 0. The monoisotopic (exact) mass is 243 g/mol. The van der Waals surface area contributed by atoms with Gasteiger partial charge in [-0.3, -0.25) is 0 Å². The van der Waals surface area contributed by atoms with Crippen molar-refractivity contribution in [3.63, 3.8) is 0 Å². The Kier molecular flexibility index (Phi) is 5.69. The number of amides is 1. The minimum atomic E-state index is -0.530. The van der Waals surface area contributed by atoms with Gasteiger partial charge in [0.05, 0.1) is 12.6 Å². The predicted octanol–water partition coefficient (Wildman–Crippen LogP) is 2.47. The molecule has 0 aliphatic rings. The van der Waals surface area contributed by atoms with Gasteiger partial charge < -0.3 is 15.2 Å². The molecule has 0 saturated heterocycles. The second kappa shape index (κ2) is 6.05. The molecule has 0 heterocycles. The fourth-order valence-corrected chi connectivity index (χ4v) is 1.35. The van der Waals surface area contributed by atoms with Gasteiger partial charge in [0.2, 0.25) is 0 Å². The van der Waals surface area contributed by atoms with Gasteiger partial charge >= 0.3 is 6.09 Å². The summed E-state index contributed by atoms with van der Waals surface area (Å²) < 4.78 is 5.13. The van der Waals surface area contributed by atoms with Crippen LogP contribution in [0.4, 0.5) is 4.79 Å². The zero-order valence-electron chi connectivity index (χ0n) is 11.5. The molecule has 2 N–H and O–H groups in total. The molecule has 0 aromatic heterocycles. The molecule has 1 atom stereocenters. The largest absolute Gasteiger partial charge is 0.444 e. The molecule has 100 valence electrons. The maximum Gasteiger partial charge on any atom is 0.407 e. The van der Waals surface area contributed by atoms with E-state index in [1.165, 1.54) is 0 Å². The molecular weight excluding hydrogens is 218 g/mol. The van der Waals surface area contributed by atoms with E-state index in [1.807, 2.05) is 19.9 Å². The number of ether oxygens (including phenoxy) is 1. The minimum absolute atomic E-state index is 0.115. The molecule has 0 aromatic carbocycles. The summed E-state index contributed by atoms with van der Waals surface area (Å²) in [6, 6.07) is -0.321. The molecule has 0 aromatic rings. The zero-order chi connectivity index (χ0) is 13.7. The van der Waals surface area contributed by atoms with Gasteiger partial charge in [-0.05, 0) is 32.6 Å². The molecule has 0 spiro atoms. The number of alkyl carbamates (subject to hydrolysis) is 1. The highest BCUT2D eigenvalue weighted by Crippen LogP contribution is 2.23. The topological polar surface area (TPSA) is 58.6 Å². The van der Waals surface area contributed by atoms with Crippen LogP contribution in [0.2, 0.25) is 0 Å². The molecule has 1 unspecified atom stereocenters. The van der Waals surface area contributed by atoms with Crippen molar-refractivity contribution in [3.05, 3.63) is 12.7 Å². The molecular formula is C13H25NO3. The highest BCUT2D eigenvalue weighted by atomic mass is 16.6. The fourth-order valence-electron chi connectivity index (χ4n) is 1.35. The highest BCUT2D eigenvalue weighted by Gasteiger charge is 2.23. The van der Waals surface area contributed by atoms with Crippen LogP contribution in [-0.2, 0) is 4.74 Å². The van der Waals surface area contributed by atoms with Crippen LogP contribution in [0.1, 0.15) is 41.0 Å². The van der Waals surface area contributed by atoms with Crippen molar-refractivity contribution < 1.29 is 14.6 Å². The normalized spacial score (nSPS) is 14.0. The van der Waals surface area contributed by atoms with Crippen molar-refractivity contribution in [2.45, 2.75) is 52.7 Å². The predicted molar refractivity (Wildman–Crippen MR) is 68.8 cm³/mol. The number of rotatable bonds is 5. The molecule has 4 nitrogen and oxygen atoms in total. The Bertz CT molecular complexity index is 266. The number of nitrogens with one attached hydrogen (secondary N) is 1. The van der Waals surface area contributed by atoms with E-state index in [0.717, 1.165) is 0 Å². The van der Waals surface area contributed by atoms with Gasteiger partial charge in [0.25, 0.3) is 0 Å². The van der Waals surface area contributed by atoms with Crippen molar-refractivity contribution >= 4 is 6.09 Å². The number of aliphatic hydroxyl groups is 1. The summed E-state index contributed by atoms with van der Waals surface area (Å²) >= 11 is 0. The van der Waals surface area contributed by atoms with Gasteiger partial charge in [0.1, 0.15) is 5.60 Å². The molecule has 0 rings (SSSR count). The Labute approximate surface area is 104 Å². The van der Waals surface area contributed by atoms with Crippen LogP contribution in [0, 0.1) is 5.41 Å². The van der Waals surface area contributed by atoms with Crippen molar-refractivity contribution in [1.82, 2.24) is 5.32 Å². The second-order valence-electron chi connectivity index (χ2n) is 5.92. The van der Waals surface area contributed by atoms with Crippen LogP contribution in [0.3, 0.4) is 0 Å². The maximum atomic E-state index is 11.5. The first-order valence-electron chi connectivity index (χ1n) is 5.83. The van der Waals surface area contributed by atoms with E-state index in [4.69, 9.17) is 4.74 Å². The number of carbonyl (C=O) groups excluding carboxylic acids is 1. The average molecular weight is 243 g/mol. The van der Waals surface area contributed by atoms with E-state index >= 15 is 0 Å². The number of hydrogen-bond donors (Lipinski definition) is 2. The minimum Gasteiger partial charge on any atom is -0.444 e. The van der Waals surface area contributed by atoms with Crippen LogP contribution in [0.5, 0.6) is 0 Å². The third-order valence-electron chi connectivity index (χ3n) is 2.27. The van der Waals surface area contributed by atoms with Gasteiger partial charge in [0.15, 0.2) is 0 Å². The van der Waals surface area contributed by atoms with E-state index in [-0.39, 0.29) is 18.1 Å². The van der Waals surface area contributed by atoms with Crippen LogP contribution in [-0.4, -0.2) is 29.4 Å². The first-order chi connectivity index (χ1) is 7.59. The molecule has 0 radical (unpaired) electrons. The summed E-state index contributed by atoms with van der Waals surface area (Å²) in [5, 5.41) is 11.9. The van der Waals surface area contributed by atoms with Crippen molar-refractivity contribution in [2.24, 2.45) is 5.41 Å². The number of aliphatic hydroxyl groups excluding tert-OH is 1. The lowest BCUT2D eigenvalue weighted by Gasteiger charge is -2.27. The van der Waals surface area contributed by atoms with Crippen LogP contribution >= 0.6 is 0 Å². The van der Waals surface area contributed by atoms with Gasteiger partial charge in [0, 0.05) is 0 Å². The molecule has 17 heavy (non-hydrogen) atoms. The smallest absolute Gasteiger partial charge is 0.407 e. The molecule has 0 saturated carbocycles. The molecule has 1 amide bonds. The molecule has 0 bridgehead atoms. The quantitative estimate of drug-likeness (QED) is 0.729. The van der Waals surface area contributed by atoms with E-state index in [1.54, 1.807) is 20.8 Å². The Hall–Kier alpha value is -1.03. The van der Waals surface area contributed by atoms with E-state index < -0.39 is 11.7 Å². The van der Waals surface area contributed by atoms with Crippen molar-refractivity contribution in [3.8, 4) is 0 Å². The number of hydrogen-bond acceptors (Lipinski definition) is 3. The van der Waals surface area contributed by atoms with E-state index in [0.29, 0.717) is 6.42 Å². The summed E-state index contributed by atoms with van der Waals surface area (Å²) in [6.45, 7) is 13.0. The summed E-state index contributed by atoms with van der Waals surface area (Å²) in [5.74, 6) is 0. The second-order valence-corrected chi connectivity index (χ2v) is 5.92. The van der Waals surface area contributed by atoms with Gasteiger partial charge in [-0.2, -0.15) is 0 Å². The van der Waals surface area contributed by atoms with Gasteiger partial charge in [-0.15, -0.1) is 6.58 Å². The van der Waals surface area contributed by atoms with Crippen molar-refractivity contribution in [2.75, 3.05) is 6.61 Å². The lowest BCUT2D eigenvalue weighted by Crippen LogP contribution is -2.42. The Morgan fingerprint density at radius 2 is 1.94 bits per heavy atom.